The van der Waals surface area contributed by atoms with E-state index in [2.05, 4.69) is 31.1 Å². The Kier molecular flexibility index (Phi) is 5.80. The van der Waals surface area contributed by atoms with Crippen molar-refractivity contribution in [1.82, 2.24) is 9.88 Å². The number of rotatable bonds is 6. The van der Waals surface area contributed by atoms with Crippen LogP contribution in [0, 0.1) is 0 Å². The van der Waals surface area contributed by atoms with Crippen molar-refractivity contribution in [2.45, 2.75) is 39.5 Å². The van der Waals surface area contributed by atoms with E-state index in [-0.39, 0.29) is 5.91 Å². The molecule has 1 aromatic rings. The van der Waals surface area contributed by atoms with Crippen LogP contribution in [0.4, 0.5) is 5.82 Å². The molecule has 4 heteroatoms. The van der Waals surface area contributed by atoms with Gasteiger partial charge in [-0.3, -0.25) is 4.79 Å². The van der Waals surface area contributed by atoms with Crippen LogP contribution in [0.5, 0.6) is 0 Å². The summed E-state index contributed by atoms with van der Waals surface area (Å²) in [4.78, 5) is 18.6. The highest BCUT2D eigenvalue weighted by atomic mass is 16.2. The summed E-state index contributed by atoms with van der Waals surface area (Å²) in [7, 11) is 3.67. The van der Waals surface area contributed by atoms with Crippen LogP contribution in [0.15, 0.2) is 12.1 Å². The van der Waals surface area contributed by atoms with Crippen LogP contribution in [0.2, 0.25) is 0 Å². The van der Waals surface area contributed by atoms with E-state index in [1.54, 1.807) is 4.90 Å². The third kappa shape index (κ3) is 4.23. The third-order valence-electron chi connectivity index (χ3n) is 3.13. The zero-order valence-electron chi connectivity index (χ0n) is 12.7. The van der Waals surface area contributed by atoms with E-state index in [0.717, 1.165) is 30.9 Å². The number of carbonyl (C=O) groups is 1. The molecule has 0 spiro atoms. The first kappa shape index (κ1) is 15.5. The Morgan fingerprint density at radius 2 is 2.11 bits per heavy atom. The van der Waals surface area contributed by atoms with Gasteiger partial charge in [0.1, 0.15) is 5.82 Å². The summed E-state index contributed by atoms with van der Waals surface area (Å²) in [6, 6.07) is 3.72. The van der Waals surface area contributed by atoms with Crippen LogP contribution < -0.4 is 5.32 Å². The summed E-state index contributed by atoms with van der Waals surface area (Å²) in [5.74, 6) is 1.12. The molecule has 0 saturated heterocycles. The molecule has 106 valence electrons. The van der Waals surface area contributed by atoms with Crippen molar-refractivity contribution in [2.24, 2.45) is 0 Å². The van der Waals surface area contributed by atoms with Gasteiger partial charge in [-0.25, -0.2) is 4.98 Å². The van der Waals surface area contributed by atoms with Gasteiger partial charge in [0.05, 0.1) is 0 Å². The minimum Gasteiger partial charge on any atom is -0.373 e. The maximum Gasteiger partial charge on any atom is 0.253 e. The lowest BCUT2D eigenvalue weighted by molar-refractivity contribution is 0.0793. The molecule has 0 aliphatic heterocycles. The topological polar surface area (TPSA) is 45.2 Å². The molecule has 19 heavy (non-hydrogen) atoms. The zero-order chi connectivity index (χ0) is 14.4. The Morgan fingerprint density at radius 1 is 1.42 bits per heavy atom. The maximum atomic E-state index is 12.4. The highest BCUT2D eigenvalue weighted by Crippen LogP contribution is 2.18. The van der Waals surface area contributed by atoms with Gasteiger partial charge in [-0.15, -0.1) is 0 Å². The molecule has 0 atom stereocenters. The SMILES string of the molecule is CCCCN(C)C(=O)c1cc(NC)nc(C(C)C)c1. The van der Waals surface area contributed by atoms with Gasteiger partial charge >= 0.3 is 0 Å². The van der Waals surface area contributed by atoms with Crippen molar-refractivity contribution in [3.63, 3.8) is 0 Å². The van der Waals surface area contributed by atoms with Crippen molar-refractivity contribution in [3.8, 4) is 0 Å². The number of unbranched alkanes of at least 4 members (excludes halogenated alkanes) is 1. The Morgan fingerprint density at radius 3 is 2.63 bits per heavy atom. The van der Waals surface area contributed by atoms with Crippen LogP contribution in [0.25, 0.3) is 0 Å². The molecular weight excluding hydrogens is 238 g/mol. The Balaban J connectivity index is 2.98. The van der Waals surface area contributed by atoms with Crippen LogP contribution in [-0.4, -0.2) is 36.4 Å². The van der Waals surface area contributed by atoms with E-state index >= 15 is 0 Å². The molecule has 0 radical (unpaired) electrons. The average molecular weight is 263 g/mol. The van der Waals surface area contributed by atoms with E-state index < -0.39 is 0 Å². The summed E-state index contributed by atoms with van der Waals surface area (Å²) in [6.45, 7) is 7.08. The first-order valence-electron chi connectivity index (χ1n) is 6.94. The van der Waals surface area contributed by atoms with Crippen LogP contribution >= 0.6 is 0 Å². The number of pyridine rings is 1. The lowest BCUT2D eigenvalue weighted by atomic mass is 10.1. The summed E-state index contributed by atoms with van der Waals surface area (Å²) >= 11 is 0. The van der Waals surface area contributed by atoms with E-state index in [0.29, 0.717) is 11.5 Å². The zero-order valence-corrected chi connectivity index (χ0v) is 12.7. The van der Waals surface area contributed by atoms with Gasteiger partial charge in [0.15, 0.2) is 0 Å². The van der Waals surface area contributed by atoms with Gasteiger partial charge in [0.25, 0.3) is 5.91 Å². The van der Waals surface area contributed by atoms with Gasteiger partial charge in [0, 0.05) is 31.9 Å². The molecule has 1 amide bonds. The summed E-state index contributed by atoms with van der Waals surface area (Å²) in [5, 5.41) is 3.02. The van der Waals surface area contributed by atoms with Gasteiger partial charge < -0.3 is 10.2 Å². The van der Waals surface area contributed by atoms with Crippen LogP contribution in [0.1, 0.15) is 55.6 Å². The quantitative estimate of drug-likeness (QED) is 0.857. The molecule has 0 bridgehead atoms. The number of carbonyl (C=O) groups excluding carboxylic acids is 1. The fourth-order valence-corrected chi connectivity index (χ4v) is 1.82. The summed E-state index contributed by atoms with van der Waals surface area (Å²) < 4.78 is 0. The number of hydrogen-bond donors (Lipinski definition) is 1. The van der Waals surface area contributed by atoms with Crippen molar-refractivity contribution in [2.75, 3.05) is 26.0 Å². The predicted molar refractivity (Wildman–Crippen MR) is 79.7 cm³/mol. The molecule has 1 N–H and O–H groups in total. The first-order valence-corrected chi connectivity index (χ1v) is 6.94. The second-order valence-corrected chi connectivity index (χ2v) is 5.15. The molecular formula is C15H25N3O. The summed E-state index contributed by atoms with van der Waals surface area (Å²) in [5.41, 5.74) is 1.65. The lowest BCUT2D eigenvalue weighted by Crippen LogP contribution is -2.28. The van der Waals surface area contributed by atoms with Crippen LogP contribution in [-0.2, 0) is 0 Å². The molecule has 4 nitrogen and oxygen atoms in total. The molecule has 0 aromatic carbocycles. The van der Waals surface area contributed by atoms with Gasteiger partial charge in [-0.2, -0.15) is 0 Å². The minimum absolute atomic E-state index is 0.0641. The second-order valence-electron chi connectivity index (χ2n) is 5.15. The predicted octanol–water partition coefficient (Wildman–Crippen LogP) is 3.12. The van der Waals surface area contributed by atoms with Crippen molar-refractivity contribution >= 4 is 11.7 Å². The van der Waals surface area contributed by atoms with E-state index in [1.807, 2.05) is 26.2 Å². The number of nitrogens with zero attached hydrogens (tertiary/aromatic N) is 2. The largest absolute Gasteiger partial charge is 0.373 e. The van der Waals surface area contributed by atoms with E-state index in [9.17, 15) is 4.79 Å². The fourth-order valence-electron chi connectivity index (χ4n) is 1.82. The standard InChI is InChI=1S/C15H25N3O/c1-6-7-8-18(5)15(19)12-9-13(11(2)3)17-14(10-12)16-4/h9-11H,6-8H2,1-5H3,(H,16,17). The smallest absolute Gasteiger partial charge is 0.253 e. The highest BCUT2D eigenvalue weighted by molar-refractivity contribution is 5.94. The second kappa shape index (κ2) is 7.12. The molecule has 0 saturated carbocycles. The number of aromatic nitrogens is 1. The van der Waals surface area contributed by atoms with E-state index in [4.69, 9.17) is 0 Å². The van der Waals surface area contributed by atoms with Gasteiger partial charge in [-0.1, -0.05) is 27.2 Å². The van der Waals surface area contributed by atoms with Crippen molar-refractivity contribution in [3.05, 3.63) is 23.4 Å². The van der Waals surface area contributed by atoms with Gasteiger partial charge in [-0.05, 0) is 24.5 Å². The normalized spacial score (nSPS) is 10.6. The lowest BCUT2D eigenvalue weighted by Gasteiger charge is -2.18. The Hall–Kier alpha value is -1.58. The van der Waals surface area contributed by atoms with Crippen LogP contribution in [0.3, 0.4) is 0 Å². The fraction of sp³-hybridized carbons (Fsp3) is 0.600. The molecule has 0 aliphatic rings. The summed E-state index contributed by atoms with van der Waals surface area (Å²) in [6.07, 6.45) is 2.12. The van der Waals surface area contributed by atoms with Crippen molar-refractivity contribution < 1.29 is 4.79 Å². The Labute approximate surface area is 116 Å². The number of anilines is 1. The van der Waals surface area contributed by atoms with Gasteiger partial charge in [0.2, 0.25) is 0 Å². The average Bonchev–Trinajstić information content (AvgIpc) is 2.43. The molecule has 0 aliphatic carbocycles. The third-order valence-corrected chi connectivity index (χ3v) is 3.13. The molecule has 1 aromatic heterocycles. The van der Waals surface area contributed by atoms with Crippen molar-refractivity contribution in [1.29, 1.82) is 0 Å². The number of amides is 1. The maximum absolute atomic E-state index is 12.4. The Bertz CT molecular complexity index is 429. The van der Waals surface area contributed by atoms with E-state index in [1.165, 1.54) is 0 Å². The monoisotopic (exact) mass is 263 g/mol. The molecule has 0 unspecified atom stereocenters. The minimum atomic E-state index is 0.0641. The first-order chi connectivity index (χ1) is 8.99. The molecule has 1 heterocycles. The highest BCUT2D eigenvalue weighted by Gasteiger charge is 2.14. The number of hydrogen-bond acceptors (Lipinski definition) is 3. The molecule has 0 fully saturated rings. The number of nitrogens with one attached hydrogen (secondary N) is 1. The molecule has 1 rings (SSSR count).